The lowest BCUT2D eigenvalue weighted by atomic mass is 10.1. The minimum Gasteiger partial charge on any atom is -0.358 e. The second kappa shape index (κ2) is 9.02. The number of hydrogen-bond donors (Lipinski definition) is 1. The first-order valence-electron chi connectivity index (χ1n) is 9.92. The van der Waals surface area contributed by atoms with Gasteiger partial charge in [0.05, 0.1) is 0 Å². The highest BCUT2D eigenvalue weighted by molar-refractivity contribution is 5.39. The summed E-state index contributed by atoms with van der Waals surface area (Å²) in [7, 11) is 4.05. The van der Waals surface area contributed by atoms with Crippen molar-refractivity contribution in [2.75, 3.05) is 32.1 Å². The van der Waals surface area contributed by atoms with E-state index in [1.807, 2.05) is 7.05 Å². The van der Waals surface area contributed by atoms with Crippen LogP contribution in [0, 0.1) is 20.8 Å². The molecule has 5 nitrogen and oxygen atoms in total. The molecule has 148 valence electrons. The smallest absolute Gasteiger partial charge is 0.137 e. The molecule has 0 saturated heterocycles. The van der Waals surface area contributed by atoms with E-state index in [1.165, 1.54) is 17.0 Å². The fourth-order valence-corrected chi connectivity index (χ4v) is 3.46. The minimum absolute atomic E-state index is 0.880. The summed E-state index contributed by atoms with van der Waals surface area (Å²) in [6.07, 6.45) is 1.76. The summed E-state index contributed by atoms with van der Waals surface area (Å²) >= 11 is 0. The van der Waals surface area contributed by atoms with Gasteiger partial charge in [-0.05, 0) is 82.6 Å². The molecule has 5 heteroatoms. The van der Waals surface area contributed by atoms with Gasteiger partial charge in [0.1, 0.15) is 11.6 Å². The van der Waals surface area contributed by atoms with Crippen molar-refractivity contribution in [2.24, 2.45) is 0 Å². The zero-order chi connectivity index (χ0) is 20.1. The van der Waals surface area contributed by atoms with E-state index in [-0.39, 0.29) is 0 Å². The molecule has 0 atom stereocenters. The molecule has 28 heavy (non-hydrogen) atoms. The summed E-state index contributed by atoms with van der Waals surface area (Å²) in [5.74, 6) is 2.02. The number of likely N-dealkylation sites (N-methyl/N-ethyl adjacent to an activating group) is 2. The van der Waals surface area contributed by atoms with Crippen LogP contribution in [0.3, 0.4) is 0 Å². The molecule has 3 rings (SSSR count). The molecule has 0 fully saturated rings. The third kappa shape index (κ3) is 4.78. The molecule has 0 bridgehead atoms. The van der Waals surface area contributed by atoms with E-state index in [0.29, 0.717) is 0 Å². The molecular weight excluding hydrogens is 346 g/mol. The van der Waals surface area contributed by atoms with Crippen LogP contribution in [0.2, 0.25) is 0 Å². The zero-order valence-corrected chi connectivity index (χ0v) is 17.7. The quantitative estimate of drug-likeness (QED) is 0.651. The van der Waals surface area contributed by atoms with Gasteiger partial charge < -0.3 is 14.8 Å². The van der Waals surface area contributed by atoms with Gasteiger partial charge in [-0.15, -0.1) is 0 Å². The summed E-state index contributed by atoms with van der Waals surface area (Å²) in [6, 6.07) is 14.9. The monoisotopic (exact) mass is 377 g/mol. The number of rotatable bonds is 8. The van der Waals surface area contributed by atoms with E-state index in [2.05, 4.69) is 85.1 Å². The van der Waals surface area contributed by atoms with Crippen molar-refractivity contribution in [1.82, 2.24) is 19.9 Å². The highest BCUT2D eigenvalue weighted by Gasteiger charge is 2.09. The Morgan fingerprint density at radius 1 is 0.929 bits per heavy atom. The van der Waals surface area contributed by atoms with E-state index >= 15 is 0 Å². The number of pyridine rings is 2. The lowest BCUT2D eigenvalue weighted by molar-refractivity contribution is 0.757. The van der Waals surface area contributed by atoms with Gasteiger partial charge in [0, 0.05) is 42.9 Å². The SMILES string of the molecule is CNCCN(C)c1cccc(CCc2cc(C)cc(-n3c(C)ccc3C)n2)n1. The Labute approximate surface area is 168 Å². The molecule has 3 heterocycles. The van der Waals surface area contributed by atoms with Crippen LogP contribution in [0.1, 0.15) is 28.3 Å². The van der Waals surface area contributed by atoms with Gasteiger partial charge in [0.15, 0.2) is 0 Å². The summed E-state index contributed by atoms with van der Waals surface area (Å²) in [6.45, 7) is 8.26. The Morgan fingerprint density at radius 3 is 2.36 bits per heavy atom. The largest absolute Gasteiger partial charge is 0.358 e. The van der Waals surface area contributed by atoms with Crippen LogP contribution in [0.5, 0.6) is 0 Å². The third-order valence-corrected chi connectivity index (χ3v) is 5.03. The van der Waals surface area contributed by atoms with Crippen molar-refractivity contribution < 1.29 is 0 Å². The summed E-state index contributed by atoms with van der Waals surface area (Å²) in [4.78, 5) is 11.9. The first-order valence-corrected chi connectivity index (χ1v) is 9.92. The molecule has 0 aliphatic carbocycles. The number of hydrogen-bond acceptors (Lipinski definition) is 4. The standard InChI is InChI=1S/C23H31N5/c1-17-15-21(26-23(16-17)28-18(2)9-10-19(28)3)12-11-20-7-6-8-22(25-20)27(5)14-13-24-4/h6-10,15-16,24H,11-14H2,1-5H3. The molecular formula is C23H31N5. The normalized spacial score (nSPS) is 11.0. The van der Waals surface area contributed by atoms with Gasteiger partial charge in [0.2, 0.25) is 0 Å². The van der Waals surface area contributed by atoms with E-state index in [1.54, 1.807) is 0 Å². The lowest BCUT2D eigenvalue weighted by Crippen LogP contribution is -2.27. The van der Waals surface area contributed by atoms with Crippen LogP contribution >= 0.6 is 0 Å². The Bertz CT molecular complexity index is 909. The molecule has 1 N–H and O–H groups in total. The maximum Gasteiger partial charge on any atom is 0.137 e. The fraction of sp³-hybridized carbons (Fsp3) is 0.391. The summed E-state index contributed by atoms with van der Waals surface area (Å²) < 4.78 is 2.21. The van der Waals surface area contributed by atoms with Crippen LogP contribution in [-0.2, 0) is 12.8 Å². The molecule has 0 aliphatic heterocycles. The fourth-order valence-electron chi connectivity index (χ4n) is 3.46. The second-order valence-electron chi connectivity index (χ2n) is 7.46. The maximum atomic E-state index is 4.93. The Kier molecular flexibility index (Phi) is 6.47. The Balaban J connectivity index is 1.75. The van der Waals surface area contributed by atoms with Gasteiger partial charge in [-0.3, -0.25) is 0 Å². The van der Waals surface area contributed by atoms with Crippen LogP contribution in [-0.4, -0.2) is 41.7 Å². The van der Waals surface area contributed by atoms with Crippen LogP contribution in [0.25, 0.3) is 5.82 Å². The van der Waals surface area contributed by atoms with E-state index < -0.39 is 0 Å². The number of aromatic nitrogens is 3. The van der Waals surface area contributed by atoms with Crippen molar-refractivity contribution in [3.63, 3.8) is 0 Å². The van der Waals surface area contributed by atoms with Crippen LogP contribution in [0.4, 0.5) is 5.82 Å². The van der Waals surface area contributed by atoms with E-state index in [9.17, 15) is 0 Å². The Hall–Kier alpha value is -2.66. The van der Waals surface area contributed by atoms with Gasteiger partial charge in [-0.1, -0.05) is 6.07 Å². The predicted octanol–water partition coefficient (Wildman–Crippen LogP) is 3.63. The van der Waals surface area contributed by atoms with Gasteiger partial charge in [0.25, 0.3) is 0 Å². The van der Waals surface area contributed by atoms with Crippen molar-refractivity contribution in [3.05, 3.63) is 70.8 Å². The van der Waals surface area contributed by atoms with Gasteiger partial charge >= 0.3 is 0 Å². The molecule has 0 aromatic carbocycles. The highest BCUT2D eigenvalue weighted by Crippen LogP contribution is 2.18. The maximum absolute atomic E-state index is 4.93. The van der Waals surface area contributed by atoms with Crippen LogP contribution < -0.4 is 10.2 Å². The van der Waals surface area contributed by atoms with Crippen molar-refractivity contribution in [2.45, 2.75) is 33.6 Å². The average Bonchev–Trinajstić information content (AvgIpc) is 3.02. The van der Waals surface area contributed by atoms with Gasteiger partial charge in [-0.25, -0.2) is 9.97 Å². The third-order valence-electron chi connectivity index (χ3n) is 5.03. The summed E-state index contributed by atoms with van der Waals surface area (Å²) in [5, 5.41) is 3.18. The topological polar surface area (TPSA) is 46.0 Å². The van der Waals surface area contributed by atoms with Crippen molar-refractivity contribution in [1.29, 1.82) is 0 Å². The van der Waals surface area contributed by atoms with E-state index in [4.69, 9.17) is 9.97 Å². The first-order chi connectivity index (χ1) is 13.5. The molecule has 0 spiro atoms. The van der Waals surface area contributed by atoms with Crippen molar-refractivity contribution >= 4 is 5.82 Å². The molecule has 3 aromatic rings. The molecule has 0 amide bonds. The number of aryl methyl sites for hydroxylation is 5. The number of nitrogens with zero attached hydrogens (tertiary/aromatic N) is 4. The predicted molar refractivity (Wildman–Crippen MR) is 117 cm³/mol. The average molecular weight is 378 g/mol. The Morgan fingerprint density at radius 2 is 1.64 bits per heavy atom. The molecule has 0 unspecified atom stereocenters. The number of anilines is 1. The first kappa shape index (κ1) is 20.1. The lowest BCUT2D eigenvalue weighted by Gasteiger charge is -2.18. The van der Waals surface area contributed by atoms with Crippen LogP contribution in [0.15, 0.2) is 42.5 Å². The molecule has 0 aliphatic rings. The number of nitrogens with one attached hydrogen (secondary N) is 1. The molecule has 3 aromatic heterocycles. The van der Waals surface area contributed by atoms with Gasteiger partial charge in [-0.2, -0.15) is 0 Å². The van der Waals surface area contributed by atoms with E-state index in [0.717, 1.165) is 49.0 Å². The minimum atomic E-state index is 0.880. The highest BCUT2D eigenvalue weighted by atomic mass is 15.2. The zero-order valence-electron chi connectivity index (χ0n) is 17.7. The summed E-state index contributed by atoms with van der Waals surface area (Å²) in [5.41, 5.74) is 5.87. The van der Waals surface area contributed by atoms with Crippen molar-refractivity contribution in [3.8, 4) is 5.82 Å². The second-order valence-corrected chi connectivity index (χ2v) is 7.46. The molecule has 0 saturated carbocycles. The molecule has 0 radical (unpaired) electrons.